The molecule has 2 heteroatoms. The molecule has 0 heterocycles. The Morgan fingerprint density at radius 2 is 2.25 bits per heavy atom. The van der Waals surface area contributed by atoms with Crippen molar-refractivity contribution in [2.45, 2.75) is 32.7 Å². The van der Waals surface area contributed by atoms with Crippen LogP contribution in [0.2, 0.25) is 0 Å². The van der Waals surface area contributed by atoms with Gasteiger partial charge < -0.3 is 5.73 Å². The number of hydrogen-bond acceptors (Lipinski definition) is 2. The van der Waals surface area contributed by atoms with Gasteiger partial charge in [0.05, 0.1) is 0 Å². The van der Waals surface area contributed by atoms with Crippen molar-refractivity contribution >= 4 is 5.78 Å². The molecule has 0 spiro atoms. The van der Waals surface area contributed by atoms with E-state index in [0.717, 1.165) is 6.42 Å². The molecule has 1 aliphatic rings. The summed E-state index contributed by atoms with van der Waals surface area (Å²) in [7, 11) is 0. The zero-order valence-corrected chi connectivity index (χ0v) is 7.79. The average Bonchev–Trinajstić information content (AvgIpc) is 2.34. The number of nitrogens with two attached hydrogens (primary N) is 1. The normalized spacial score (nSPS) is 28.3. The fourth-order valence-electron chi connectivity index (χ4n) is 1.52. The maximum Gasteiger partial charge on any atom is 0.140 e. The molecule has 1 rings (SSSR count). The molecule has 0 aromatic carbocycles. The maximum atomic E-state index is 11.5. The summed E-state index contributed by atoms with van der Waals surface area (Å²) in [6, 6.07) is 0.103. The van der Waals surface area contributed by atoms with Gasteiger partial charge in [0, 0.05) is 18.4 Å². The van der Waals surface area contributed by atoms with Crippen LogP contribution in [0.4, 0.5) is 0 Å². The van der Waals surface area contributed by atoms with E-state index in [9.17, 15) is 4.79 Å². The topological polar surface area (TPSA) is 43.1 Å². The Balaban J connectivity index is 2.39. The molecule has 0 saturated carbocycles. The van der Waals surface area contributed by atoms with Gasteiger partial charge in [-0.25, -0.2) is 0 Å². The van der Waals surface area contributed by atoms with Crippen molar-refractivity contribution in [3.63, 3.8) is 0 Å². The van der Waals surface area contributed by atoms with E-state index in [1.807, 2.05) is 12.2 Å². The number of allylic oxidation sites excluding steroid dienone is 1. The zero-order chi connectivity index (χ0) is 9.14. The second kappa shape index (κ2) is 3.85. The summed E-state index contributed by atoms with van der Waals surface area (Å²) in [5.41, 5.74) is 5.65. The van der Waals surface area contributed by atoms with Gasteiger partial charge in [-0.05, 0) is 12.3 Å². The van der Waals surface area contributed by atoms with E-state index < -0.39 is 0 Å². The summed E-state index contributed by atoms with van der Waals surface area (Å²) in [5.74, 6) is 0.902. The minimum absolute atomic E-state index is 0.0994. The molecule has 68 valence electrons. The van der Waals surface area contributed by atoms with Crippen LogP contribution in [0.15, 0.2) is 12.2 Å². The van der Waals surface area contributed by atoms with Crippen molar-refractivity contribution in [1.82, 2.24) is 0 Å². The first-order valence-electron chi connectivity index (χ1n) is 4.56. The van der Waals surface area contributed by atoms with Crippen LogP contribution in [0.3, 0.4) is 0 Å². The number of carbonyl (C=O) groups is 1. The maximum absolute atomic E-state index is 11.5. The molecule has 0 fully saturated rings. The van der Waals surface area contributed by atoms with E-state index in [-0.39, 0.29) is 12.0 Å². The van der Waals surface area contributed by atoms with Crippen molar-refractivity contribution in [1.29, 1.82) is 0 Å². The quantitative estimate of drug-likeness (QED) is 0.647. The lowest BCUT2D eigenvalue weighted by Gasteiger charge is -2.09. The van der Waals surface area contributed by atoms with Gasteiger partial charge in [0.15, 0.2) is 0 Å². The molecule has 2 N–H and O–H groups in total. The lowest BCUT2D eigenvalue weighted by Crippen LogP contribution is -2.19. The molecule has 2 atom stereocenters. The molecule has 2 nitrogen and oxygen atoms in total. The Morgan fingerprint density at radius 3 is 2.67 bits per heavy atom. The third-order valence-electron chi connectivity index (χ3n) is 2.14. The van der Waals surface area contributed by atoms with Crippen LogP contribution >= 0.6 is 0 Å². The Morgan fingerprint density at radius 1 is 1.58 bits per heavy atom. The van der Waals surface area contributed by atoms with Crippen LogP contribution in [0.5, 0.6) is 0 Å². The molecule has 0 aromatic rings. The van der Waals surface area contributed by atoms with Gasteiger partial charge >= 0.3 is 0 Å². The highest BCUT2D eigenvalue weighted by atomic mass is 16.1. The van der Waals surface area contributed by atoms with Gasteiger partial charge in [0.25, 0.3) is 0 Å². The average molecular weight is 167 g/mol. The van der Waals surface area contributed by atoms with Crippen molar-refractivity contribution in [3.05, 3.63) is 12.2 Å². The summed E-state index contributed by atoms with van der Waals surface area (Å²) in [6.45, 7) is 4.13. The van der Waals surface area contributed by atoms with Crippen LogP contribution in [0, 0.1) is 11.8 Å². The minimum atomic E-state index is 0.0994. The van der Waals surface area contributed by atoms with Crippen LogP contribution in [0.25, 0.3) is 0 Å². The number of carbonyl (C=O) groups excluding carboxylic acids is 1. The molecular formula is C10H17NO. The van der Waals surface area contributed by atoms with Gasteiger partial charge in [-0.15, -0.1) is 0 Å². The third kappa shape index (κ3) is 2.45. The molecule has 0 saturated heterocycles. The van der Waals surface area contributed by atoms with E-state index >= 15 is 0 Å². The van der Waals surface area contributed by atoms with Crippen LogP contribution in [0.1, 0.15) is 26.7 Å². The van der Waals surface area contributed by atoms with Gasteiger partial charge in [-0.2, -0.15) is 0 Å². The molecule has 0 bridgehead atoms. The van der Waals surface area contributed by atoms with Crippen LogP contribution in [-0.4, -0.2) is 11.8 Å². The molecule has 12 heavy (non-hydrogen) atoms. The first-order valence-corrected chi connectivity index (χ1v) is 4.56. The molecule has 0 aromatic heterocycles. The molecule has 2 unspecified atom stereocenters. The van der Waals surface area contributed by atoms with Gasteiger partial charge in [0.2, 0.25) is 0 Å². The first kappa shape index (κ1) is 9.46. The van der Waals surface area contributed by atoms with Crippen molar-refractivity contribution in [2.24, 2.45) is 17.6 Å². The highest BCUT2D eigenvalue weighted by molar-refractivity contribution is 5.83. The Labute approximate surface area is 73.8 Å². The summed E-state index contributed by atoms with van der Waals surface area (Å²) >= 11 is 0. The first-order chi connectivity index (χ1) is 5.59. The van der Waals surface area contributed by atoms with Crippen LogP contribution < -0.4 is 5.73 Å². The highest BCUT2D eigenvalue weighted by Crippen LogP contribution is 2.20. The fourth-order valence-corrected chi connectivity index (χ4v) is 1.52. The number of ketones is 1. The molecule has 0 amide bonds. The standard InChI is InChI=1S/C10H17NO/c1-7(2)5-10(12)8-3-4-9(11)6-8/h3-4,7-9H,5-6,11H2,1-2H3. The predicted octanol–water partition coefficient (Wildman–Crippen LogP) is 1.51. The summed E-state index contributed by atoms with van der Waals surface area (Å²) in [6.07, 6.45) is 5.38. The lowest BCUT2D eigenvalue weighted by atomic mass is 9.95. The summed E-state index contributed by atoms with van der Waals surface area (Å²) < 4.78 is 0. The number of rotatable bonds is 3. The smallest absolute Gasteiger partial charge is 0.140 e. The number of hydrogen-bond donors (Lipinski definition) is 1. The van der Waals surface area contributed by atoms with Gasteiger partial charge in [-0.1, -0.05) is 26.0 Å². The van der Waals surface area contributed by atoms with E-state index in [4.69, 9.17) is 5.73 Å². The van der Waals surface area contributed by atoms with Gasteiger partial charge in [-0.3, -0.25) is 4.79 Å². The molecule has 1 aliphatic carbocycles. The fraction of sp³-hybridized carbons (Fsp3) is 0.700. The summed E-state index contributed by atoms with van der Waals surface area (Å²) in [4.78, 5) is 11.5. The molecule has 0 radical (unpaired) electrons. The third-order valence-corrected chi connectivity index (χ3v) is 2.14. The SMILES string of the molecule is CC(C)CC(=O)C1C=CC(N)C1. The molecular weight excluding hydrogens is 150 g/mol. The van der Waals surface area contributed by atoms with Crippen LogP contribution in [-0.2, 0) is 4.79 Å². The lowest BCUT2D eigenvalue weighted by molar-refractivity contribution is -0.122. The van der Waals surface area contributed by atoms with Crippen molar-refractivity contribution < 1.29 is 4.79 Å². The Kier molecular flexibility index (Phi) is 3.04. The largest absolute Gasteiger partial charge is 0.324 e. The highest BCUT2D eigenvalue weighted by Gasteiger charge is 2.22. The van der Waals surface area contributed by atoms with E-state index in [1.165, 1.54) is 0 Å². The zero-order valence-electron chi connectivity index (χ0n) is 7.79. The Bertz CT molecular complexity index is 196. The van der Waals surface area contributed by atoms with E-state index in [0.29, 0.717) is 18.1 Å². The Hall–Kier alpha value is -0.630. The minimum Gasteiger partial charge on any atom is -0.324 e. The number of Topliss-reactive ketones (excluding diaryl/α,β-unsaturated/α-hetero) is 1. The van der Waals surface area contributed by atoms with E-state index in [2.05, 4.69) is 13.8 Å². The van der Waals surface area contributed by atoms with Crippen molar-refractivity contribution in [2.75, 3.05) is 0 Å². The second-order valence-electron chi connectivity index (χ2n) is 3.96. The van der Waals surface area contributed by atoms with Gasteiger partial charge in [0.1, 0.15) is 5.78 Å². The van der Waals surface area contributed by atoms with Crippen molar-refractivity contribution in [3.8, 4) is 0 Å². The monoisotopic (exact) mass is 167 g/mol. The molecule has 0 aliphatic heterocycles. The summed E-state index contributed by atoms with van der Waals surface area (Å²) in [5, 5.41) is 0. The van der Waals surface area contributed by atoms with E-state index in [1.54, 1.807) is 0 Å². The predicted molar refractivity (Wildman–Crippen MR) is 49.7 cm³/mol. The second-order valence-corrected chi connectivity index (χ2v) is 3.96.